The van der Waals surface area contributed by atoms with Crippen LogP contribution in [0.3, 0.4) is 0 Å². The minimum atomic E-state index is 0.662. The van der Waals surface area contributed by atoms with E-state index in [-0.39, 0.29) is 0 Å². The third-order valence-electron chi connectivity index (χ3n) is 4.86. The number of aliphatic imine (C=N–C) groups is 1. The maximum atomic E-state index is 5.59. The highest BCUT2D eigenvalue weighted by atomic mass is 16.5. The van der Waals surface area contributed by atoms with Crippen molar-refractivity contribution in [2.24, 2.45) is 10.9 Å². The standard InChI is InChI=1S/C20H42N4O2/c1-4-7-15-25-17-18-26-16-12-23-20(21-5-2)22-11-8-19-9-13-24(6-3)14-10-19/h19H,4-18H2,1-3H3,(H2,21,22,23). The molecule has 1 fully saturated rings. The predicted octanol–water partition coefficient (Wildman–Crippen LogP) is 2.50. The molecule has 26 heavy (non-hydrogen) atoms. The second-order valence-electron chi connectivity index (χ2n) is 6.93. The Kier molecular flexibility index (Phi) is 14.6. The minimum absolute atomic E-state index is 0.662. The van der Waals surface area contributed by atoms with Crippen molar-refractivity contribution < 1.29 is 9.47 Å². The molecule has 6 heteroatoms. The second-order valence-corrected chi connectivity index (χ2v) is 6.93. The summed E-state index contributed by atoms with van der Waals surface area (Å²) >= 11 is 0. The summed E-state index contributed by atoms with van der Waals surface area (Å²) in [5.74, 6) is 1.74. The first-order chi connectivity index (χ1) is 12.8. The van der Waals surface area contributed by atoms with Gasteiger partial charge in [-0.1, -0.05) is 20.3 Å². The van der Waals surface area contributed by atoms with Crippen LogP contribution in [0.1, 0.15) is 52.9 Å². The van der Waals surface area contributed by atoms with Crippen molar-refractivity contribution in [3.63, 3.8) is 0 Å². The molecule has 0 bridgehead atoms. The van der Waals surface area contributed by atoms with Crippen LogP contribution in [0.25, 0.3) is 0 Å². The lowest BCUT2D eigenvalue weighted by atomic mass is 9.94. The molecule has 0 radical (unpaired) electrons. The topological polar surface area (TPSA) is 58.1 Å². The first-order valence-corrected chi connectivity index (χ1v) is 10.7. The first-order valence-electron chi connectivity index (χ1n) is 10.7. The number of hydrogen-bond donors (Lipinski definition) is 2. The van der Waals surface area contributed by atoms with Crippen molar-refractivity contribution in [1.29, 1.82) is 0 Å². The summed E-state index contributed by atoms with van der Waals surface area (Å²) in [4.78, 5) is 7.26. The number of nitrogens with zero attached hydrogens (tertiary/aromatic N) is 2. The summed E-state index contributed by atoms with van der Waals surface area (Å²) in [5.41, 5.74) is 0. The van der Waals surface area contributed by atoms with Gasteiger partial charge in [0.05, 0.1) is 19.8 Å². The summed E-state index contributed by atoms with van der Waals surface area (Å²) < 4.78 is 11.1. The van der Waals surface area contributed by atoms with E-state index in [0.29, 0.717) is 19.8 Å². The number of hydrogen-bond acceptors (Lipinski definition) is 4. The fraction of sp³-hybridized carbons (Fsp3) is 0.950. The van der Waals surface area contributed by atoms with Crippen LogP contribution in [0.4, 0.5) is 0 Å². The maximum absolute atomic E-state index is 5.59. The van der Waals surface area contributed by atoms with Gasteiger partial charge in [-0.2, -0.15) is 0 Å². The molecule has 1 saturated heterocycles. The molecule has 0 aromatic heterocycles. The fourth-order valence-corrected chi connectivity index (χ4v) is 3.10. The van der Waals surface area contributed by atoms with Gasteiger partial charge < -0.3 is 25.0 Å². The molecule has 2 N–H and O–H groups in total. The van der Waals surface area contributed by atoms with Crippen LogP contribution in [0, 0.1) is 5.92 Å². The van der Waals surface area contributed by atoms with Crippen LogP contribution in [0.2, 0.25) is 0 Å². The number of nitrogens with one attached hydrogen (secondary N) is 2. The summed E-state index contributed by atoms with van der Waals surface area (Å²) in [6.07, 6.45) is 6.14. The lowest BCUT2D eigenvalue weighted by Gasteiger charge is -2.30. The number of ether oxygens (including phenoxy) is 2. The predicted molar refractivity (Wildman–Crippen MR) is 110 cm³/mol. The number of unbranched alkanes of at least 4 members (excludes halogenated alkanes) is 1. The molecule has 0 unspecified atom stereocenters. The Morgan fingerprint density at radius 3 is 2.38 bits per heavy atom. The third-order valence-corrected chi connectivity index (χ3v) is 4.86. The summed E-state index contributed by atoms with van der Waals surface area (Å²) in [6.45, 7) is 15.6. The highest BCUT2D eigenvalue weighted by Crippen LogP contribution is 2.19. The molecule has 0 saturated carbocycles. The summed E-state index contributed by atoms with van der Waals surface area (Å²) in [6, 6.07) is 0. The van der Waals surface area contributed by atoms with E-state index in [9.17, 15) is 0 Å². The molecule has 0 spiro atoms. The van der Waals surface area contributed by atoms with Crippen LogP contribution < -0.4 is 10.6 Å². The molecule has 1 rings (SSSR count). The van der Waals surface area contributed by atoms with E-state index in [0.717, 1.165) is 44.5 Å². The SMILES string of the molecule is CCCCOCCOCCNC(=NCCC1CCN(CC)CC1)NCC. The lowest BCUT2D eigenvalue weighted by molar-refractivity contribution is 0.0487. The van der Waals surface area contributed by atoms with Crippen molar-refractivity contribution in [3.8, 4) is 0 Å². The Morgan fingerprint density at radius 1 is 1.00 bits per heavy atom. The van der Waals surface area contributed by atoms with Crippen molar-refractivity contribution in [3.05, 3.63) is 0 Å². The van der Waals surface area contributed by atoms with E-state index < -0.39 is 0 Å². The van der Waals surface area contributed by atoms with Gasteiger partial charge in [-0.05, 0) is 58.2 Å². The highest BCUT2D eigenvalue weighted by molar-refractivity contribution is 5.79. The van der Waals surface area contributed by atoms with Gasteiger partial charge in [0.1, 0.15) is 0 Å². The highest BCUT2D eigenvalue weighted by Gasteiger charge is 2.17. The number of piperidine rings is 1. The van der Waals surface area contributed by atoms with Crippen molar-refractivity contribution >= 4 is 5.96 Å². The summed E-state index contributed by atoms with van der Waals surface area (Å²) in [5, 5.41) is 6.66. The van der Waals surface area contributed by atoms with E-state index in [1.54, 1.807) is 0 Å². The zero-order valence-electron chi connectivity index (χ0n) is 17.4. The molecule has 1 aliphatic heterocycles. The van der Waals surface area contributed by atoms with Crippen LogP contribution in [0.5, 0.6) is 0 Å². The third kappa shape index (κ3) is 11.7. The van der Waals surface area contributed by atoms with E-state index in [2.05, 4.69) is 36.3 Å². The molecule has 6 nitrogen and oxygen atoms in total. The average molecular weight is 371 g/mol. The largest absolute Gasteiger partial charge is 0.379 e. The zero-order valence-corrected chi connectivity index (χ0v) is 17.4. The first kappa shape index (κ1) is 23.2. The van der Waals surface area contributed by atoms with Crippen LogP contribution in [-0.2, 0) is 9.47 Å². The molecule has 0 amide bonds. The van der Waals surface area contributed by atoms with E-state index in [1.807, 2.05) is 0 Å². The Balaban J connectivity index is 2.07. The monoisotopic (exact) mass is 370 g/mol. The smallest absolute Gasteiger partial charge is 0.191 e. The van der Waals surface area contributed by atoms with Crippen molar-refractivity contribution in [2.75, 3.05) is 65.7 Å². The Hall–Kier alpha value is -0.850. The molecular weight excluding hydrogens is 328 g/mol. The Bertz CT molecular complexity index is 345. The van der Waals surface area contributed by atoms with E-state index >= 15 is 0 Å². The van der Waals surface area contributed by atoms with Gasteiger partial charge in [0, 0.05) is 26.2 Å². The van der Waals surface area contributed by atoms with Gasteiger partial charge in [-0.25, -0.2) is 0 Å². The van der Waals surface area contributed by atoms with Crippen LogP contribution in [-0.4, -0.2) is 76.6 Å². The minimum Gasteiger partial charge on any atom is -0.379 e. The van der Waals surface area contributed by atoms with Crippen LogP contribution in [0.15, 0.2) is 4.99 Å². The fourth-order valence-electron chi connectivity index (χ4n) is 3.10. The van der Waals surface area contributed by atoms with Gasteiger partial charge >= 0.3 is 0 Å². The van der Waals surface area contributed by atoms with Gasteiger partial charge in [-0.15, -0.1) is 0 Å². The van der Waals surface area contributed by atoms with Gasteiger partial charge in [0.2, 0.25) is 0 Å². The quantitative estimate of drug-likeness (QED) is 0.279. The van der Waals surface area contributed by atoms with E-state index in [4.69, 9.17) is 14.5 Å². The van der Waals surface area contributed by atoms with Crippen LogP contribution >= 0.6 is 0 Å². The Morgan fingerprint density at radius 2 is 1.73 bits per heavy atom. The molecule has 1 aliphatic rings. The van der Waals surface area contributed by atoms with Crippen molar-refractivity contribution in [2.45, 2.75) is 52.9 Å². The Labute approximate surface area is 161 Å². The molecule has 0 aliphatic carbocycles. The second kappa shape index (κ2) is 16.3. The van der Waals surface area contributed by atoms with Gasteiger partial charge in [-0.3, -0.25) is 4.99 Å². The molecule has 154 valence electrons. The lowest BCUT2D eigenvalue weighted by Crippen LogP contribution is -2.39. The van der Waals surface area contributed by atoms with Crippen molar-refractivity contribution in [1.82, 2.24) is 15.5 Å². The average Bonchev–Trinajstić information content (AvgIpc) is 2.67. The molecule has 0 atom stereocenters. The normalized spacial score (nSPS) is 16.8. The van der Waals surface area contributed by atoms with E-state index in [1.165, 1.54) is 45.3 Å². The van der Waals surface area contributed by atoms with Gasteiger partial charge in [0.25, 0.3) is 0 Å². The molecule has 0 aromatic rings. The zero-order chi connectivity index (χ0) is 18.9. The number of guanidine groups is 1. The number of rotatable bonds is 14. The molecular formula is C20H42N4O2. The molecule has 0 aromatic carbocycles. The maximum Gasteiger partial charge on any atom is 0.191 e. The van der Waals surface area contributed by atoms with Gasteiger partial charge in [0.15, 0.2) is 5.96 Å². The summed E-state index contributed by atoms with van der Waals surface area (Å²) in [7, 11) is 0. The number of likely N-dealkylation sites (tertiary alicyclic amines) is 1. The molecule has 1 heterocycles.